The second-order valence-electron chi connectivity index (χ2n) is 11.9. The number of esters is 1. The van der Waals surface area contributed by atoms with Gasteiger partial charge in [0.1, 0.15) is 18.8 Å². The van der Waals surface area contributed by atoms with Gasteiger partial charge in [0.05, 0.1) is 31.8 Å². The summed E-state index contributed by atoms with van der Waals surface area (Å²) in [5.41, 5.74) is 4.31. The van der Waals surface area contributed by atoms with Crippen molar-refractivity contribution in [1.82, 2.24) is 10.0 Å². The monoisotopic (exact) mass is 691 g/mol. The lowest BCUT2D eigenvalue weighted by atomic mass is 9.72. The third kappa shape index (κ3) is 11.4. The van der Waals surface area contributed by atoms with Crippen molar-refractivity contribution in [2.75, 3.05) is 52.6 Å². The highest BCUT2D eigenvalue weighted by Crippen LogP contribution is 2.38. The SMILES string of the molecule is CCC(C)(CC(C)(C)C(=O)NCCNS(=O)(=O)c1c(F)c(F)c(N=[N+]=[N-])c(F)c1F)C(=O)OCC[N+](C)(C)CCCS(=O)(=O)O. The standard InChI is InChI=1S/C25H38F4N6O8S2/c1-7-25(4,23(37)43-13-12-35(5,6)11-8-14-44(38,39)40)15-24(2,3)22(36)31-9-10-32-45(41,42)21-18(28)16(26)20(33-34-30)17(27)19(21)29/h32H,7-15H2,1-6H3,(H-,31,36,38,39,40)/p+1. The quantitative estimate of drug-likeness (QED) is 0.0239. The van der Waals surface area contributed by atoms with E-state index in [0.29, 0.717) is 17.6 Å². The minimum absolute atomic E-state index is 0.00329. The summed E-state index contributed by atoms with van der Waals surface area (Å²) in [6.45, 7) is 6.09. The molecule has 1 amide bonds. The third-order valence-corrected chi connectivity index (χ3v) is 9.42. The number of quaternary nitrogens is 1. The van der Waals surface area contributed by atoms with E-state index in [4.69, 9.17) is 14.8 Å². The summed E-state index contributed by atoms with van der Waals surface area (Å²) in [5.74, 6) is -10.6. The van der Waals surface area contributed by atoms with E-state index in [2.05, 4.69) is 10.4 Å². The molecule has 14 nitrogen and oxygen atoms in total. The van der Waals surface area contributed by atoms with E-state index in [9.17, 15) is 44.0 Å². The van der Waals surface area contributed by atoms with Crippen molar-refractivity contribution >= 4 is 37.7 Å². The summed E-state index contributed by atoms with van der Waals surface area (Å²) in [7, 11) is -5.66. The van der Waals surface area contributed by atoms with Gasteiger partial charge >= 0.3 is 5.97 Å². The predicted octanol–water partition coefficient (Wildman–Crippen LogP) is 3.31. The molecule has 0 aliphatic carbocycles. The number of benzene rings is 1. The second-order valence-corrected chi connectivity index (χ2v) is 15.2. The molecule has 1 aromatic carbocycles. The molecule has 0 radical (unpaired) electrons. The maximum atomic E-state index is 14.3. The summed E-state index contributed by atoms with van der Waals surface area (Å²) in [5, 5.41) is 4.92. The number of hydrogen-bond acceptors (Lipinski definition) is 8. The topological polar surface area (TPSA) is 205 Å². The number of amides is 1. The smallest absolute Gasteiger partial charge is 0.312 e. The van der Waals surface area contributed by atoms with Crippen molar-refractivity contribution in [2.45, 2.75) is 51.9 Å². The molecule has 0 aromatic heterocycles. The summed E-state index contributed by atoms with van der Waals surface area (Å²) in [6, 6.07) is 0. The Labute approximate surface area is 259 Å². The fourth-order valence-corrected chi connectivity index (χ4v) is 6.05. The molecule has 0 saturated carbocycles. The van der Waals surface area contributed by atoms with Crippen molar-refractivity contribution in [3.05, 3.63) is 33.7 Å². The molecular weight excluding hydrogens is 652 g/mol. The summed E-state index contributed by atoms with van der Waals surface area (Å²) in [6.07, 6.45) is 0.498. The van der Waals surface area contributed by atoms with Crippen LogP contribution in [0.1, 0.15) is 47.0 Å². The molecule has 45 heavy (non-hydrogen) atoms. The number of halogens is 4. The van der Waals surface area contributed by atoms with Gasteiger partial charge in [0.15, 0.2) is 28.2 Å². The zero-order valence-corrected chi connectivity index (χ0v) is 27.4. The first-order valence-corrected chi connectivity index (χ1v) is 16.7. The Bertz CT molecular complexity index is 1500. The number of nitrogens with one attached hydrogen (secondary N) is 2. The molecule has 256 valence electrons. The van der Waals surface area contributed by atoms with E-state index in [1.807, 2.05) is 4.91 Å². The van der Waals surface area contributed by atoms with Crippen LogP contribution in [-0.4, -0.2) is 90.4 Å². The highest BCUT2D eigenvalue weighted by atomic mass is 32.2. The number of rotatable bonds is 18. The number of sulfonamides is 1. The molecular formula is C25H39F4N6O8S2+. The van der Waals surface area contributed by atoms with Crippen LogP contribution in [0.5, 0.6) is 0 Å². The minimum atomic E-state index is -5.17. The molecule has 1 atom stereocenters. The number of azide groups is 1. The Morgan fingerprint density at radius 3 is 2.04 bits per heavy atom. The molecule has 0 fully saturated rings. The molecule has 0 aliphatic rings. The first-order valence-electron chi connectivity index (χ1n) is 13.6. The molecule has 0 spiro atoms. The Balaban J connectivity index is 2.80. The number of ether oxygens (including phenoxy) is 1. The lowest BCUT2D eigenvalue weighted by Gasteiger charge is -2.35. The summed E-state index contributed by atoms with van der Waals surface area (Å²) < 4.78 is 120. The van der Waals surface area contributed by atoms with Crippen molar-refractivity contribution in [2.24, 2.45) is 15.9 Å². The van der Waals surface area contributed by atoms with E-state index < -0.39 is 95.5 Å². The van der Waals surface area contributed by atoms with Gasteiger partial charge in [-0.15, -0.1) is 0 Å². The fraction of sp³-hybridized carbons (Fsp3) is 0.680. The van der Waals surface area contributed by atoms with Gasteiger partial charge in [0.2, 0.25) is 15.9 Å². The highest BCUT2D eigenvalue weighted by molar-refractivity contribution is 7.89. The van der Waals surface area contributed by atoms with Crippen molar-refractivity contribution in [3.63, 3.8) is 0 Å². The van der Waals surface area contributed by atoms with Crippen molar-refractivity contribution in [3.8, 4) is 0 Å². The second kappa shape index (κ2) is 15.5. The van der Waals surface area contributed by atoms with Crippen LogP contribution >= 0.6 is 0 Å². The van der Waals surface area contributed by atoms with Crippen LogP contribution in [0.25, 0.3) is 10.4 Å². The van der Waals surface area contributed by atoms with Crippen LogP contribution in [0.3, 0.4) is 0 Å². The van der Waals surface area contributed by atoms with E-state index >= 15 is 0 Å². The first-order chi connectivity index (χ1) is 20.4. The van der Waals surface area contributed by atoms with Gasteiger partial charge in [-0.05, 0) is 25.3 Å². The molecule has 1 rings (SSSR count). The molecule has 0 saturated heterocycles. The molecule has 20 heteroatoms. The fourth-order valence-electron chi connectivity index (χ4n) is 4.38. The average Bonchev–Trinajstić information content (AvgIpc) is 2.90. The van der Waals surface area contributed by atoms with Crippen molar-refractivity contribution < 1.29 is 57.8 Å². The zero-order chi connectivity index (χ0) is 35.0. The van der Waals surface area contributed by atoms with Gasteiger partial charge in [0, 0.05) is 29.8 Å². The van der Waals surface area contributed by atoms with E-state index in [1.54, 1.807) is 32.7 Å². The van der Waals surface area contributed by atoms with E-state index in [0.717, 1.165) is 0 Å². The van der Waals surface area contributed by atoms with E-state index in [-0.39, 0.29) is 25.9 Å². The first kappa shape index (κ1) is 40.0. The Morgan fingerprint density at radius 1 is 1.00 bits per heavy atom. The summed E-state index contributed by atoms with van der Waals surface area (Å²) >= 11 is 0. The van der Waals surface area contributed by atoms with Gasteiger partial charge in [-0.2, -0.15) is 8.42 Å². The van der Waals surface area contributed by atoms with Gasteiger partial charge in [0.25, 0.3) is 10.1 Å². The van der Waals surface area contributed by atoms with Crippen LogP contribution in [0.15, 0.2) is 10.0 Å². The number of hydrogen-bond donors (Lipinski definition) is 3. The molecule has 0 bridgehead atoms. The highest BCUT2D eigenvalue weighted by Gasteiger charge is 2.42. The molecule has 1 unspecified atom stereocenters. The lowest BCUT2D eigenvalue weighted by molar-refractivity contribution is -0.890. The largest absolute Gasteiger partial charge is 0.459 e. The summed E-state index contributed by atoms with van der Waals surface area (Å²) in [4.78, 5) is 26.0. The van der Waals surface area contributed by atoms with Gasteiger partial charge in [-0.25, -0.2) is 30.7 Å². The van der Waals surface area contributed by atoms with E-state index in [1.165, 1.54) is 13.8 Å². The van der Waals surface area contributed by atoms with Gasteiger partial charge < -0.3 is 14.5 Å². The predicted molar refractivity (Wildman–Crippen MR) is 154 cm³/mol. The Morgan fingerprint density at radius 2 is 1.56 bits per heavy atom. The number of carbonyl (C=O) groups is 2. The zero-order valence-electron chi connectivity index (χ0n) is 25.8. The Kier molecular flexibility index (Phi) is 13.8. The van der Waals surface area contributed by atoms with Crippen LogP contribution < -0.4 is 10.0 Å². The molecule has 0 aliphatic heterocycles. The van der Waals surface area contributed by atoms with Gasteiger partial charge in [-0.1, -0.05) is 25.9 Å². The van der Waals surface area contributed by atoms with Gasteiger partial charge in [-0.3, -0.25) is 14.1 Å². The maximum Gasteiger partial charge on any atom is 0.312 e. The van der Waals surface area contributed by atoms with Crippen molar-refractivity contribution in [1.29, 1.82) is 0 Å². The average molecular weight is 692 g/mol. The van der Waals surface area contributed by atoms with Crippen LogP contribution in [0.4, 0.5) is 23.2 Å². The van der Waals surface area contributed by atoms with Crippen LogP contribution in [-0.2, 0) is 34.5 Å². The molecule has 1 aromatic rings. The Hall–Kier alpha value is -3.03. The number of carbonyl (C=O) groups excluding carboxylic acids is 2. The van der Waals surface area contributed by atoms with Crippen LogP contribution in [0, 0.1) is 34.1 Å². The maximum absolute atomic E-state index is 14.3. The van der Waals surface area contributed by atoms with Crippen LogP contribution in [0.2, 0.25) is 0 Å². The third-order valence-electron chi connectivity index (χ3n) is 7.13. The molecule has 3 N–H and O–H groups in total. The lowest BCUT2D eigenvalue weighted by Crippen LogP contribution is -2.46. The molecule has 0 heterocycles. The number of nitrogens with zero attached hydrogens (tertiary/aromatic N) is 4. The minimum Gasteiger partial charge on any atom is -0.459 e. The number of likely N-dealkylation sites (N-methyl/N-ethyl adjacent to an activating group) is 1. The normalized spacial score (nSPS) is 13.9.